The molecule has 2 heterocycles. The van der Waals surface area contributed by atoms with Crippen LogP contribution < -0.4 is 4.90 Å². The number of aromatic nitrogens is 1. The average Bonchev–Trinajstić information content (AvgIpc) is 3.05. The number of hydrogen-bond acceptors (Lipinski definition) is 3. The van der Waals surface area contributed by atoms with Gasteiger partial charge >= 0.3 is 0 Å². The molecule has 0 unspecified atom stereocenters. The van der Waals surface area contributed by atoms with E-state index in [0.29, 0.717) is 37.4 Å². The fourth-order valence-electron chi connectivity index (χ4n) is 3.06. The van der Waals surface area contributed by atoms with Crippen LogP contribution in [0.5, 0.6) is 0 Å². The number of rotatable bonds is 3. The van der Waals surface area contributed by atoms with E-state index < -0.39 is 0 Å². The molecule has 0 radical (unpaired) electrons. The Morgan fingerprint density at radius 1 is 0.960 bits per heavy atom. The molecule has 3 rings (SSSR count). The van der Waals surface area contributed by atoms with Crippen LogP contribution in [0.1, 0.15) is 27.3 Å². The summed E-state index contributed by atoms with van der Waals surface area (Å²) in [5.41, 5.74) is 2.29. The van der Waals surface area contributed by atoms with Crippen LogP contribution in [-0.4, -0.2) is 66.9 Å². The molecule has 1 aromatic heterocycles. The molecule has 25 heavy (non-hydrogen) atoms. The lowest BCUT2D eigenvalue weighted by Crippen LogP contribution is -2.37. The number of carbonyl (C=O) groups is 2. The number of aromatic amines is 1. The number of benzene rings is 1. The van der Waals surface area contributed by atoms with E-state index in [-0.39, 0.29) is 11.8 Å². The quantitative estimate of drug-likeness (QED) is 0.930. The lowest BCUT2D eigenvalue weighted by atomic mass is 10.1. The number of H-pyrrole nitrogens is 1. The zero-order valence-electron chi connectivity index (χ0n) is 14.7. The highest BCUT2D eigenvalue weighted by atomic mass is 16.2. The van der Waals surface area contributed by atoms with Gasteiger partial charge in [0, 0.05) is 57.7 Å². The smallest absolute Gasteiger partial charge is 0.270 e. The summed E-state index contributed by atoms with van der Waals surface area (Å²) >= 11 is 0. The van der Waals surface area contributed by atoms with E-state index in [1.54, 1.807) is 12.3 Å². The van der Waals surface area contributed by atoms with Gasteiger partial charge < -0.3 is 19.7 Å². The van der Waals surface area contributed by atoms with E-state index in [0.717, 1.165) is 12.1 Å². The van der Waals surface area contributed by atoms with Crippen LogP contribution in [0.25, 0.3) is 0 Å². The van der Waals surface area contributed by atoms with Crippen LogP contribution >= 0.6 is 0 Å². The zero-order valence-corrected chi connectivity index (χ0v) is 14.7. The molecule has 1 aromatic carbocycles. The number of nitrogens with zero attached hydrogens (tertiary/aromatic N) is 3. The van der Waals surface area contributed by atoms with Gasteiger partial charge in [-0.1, -0.05) is 6.07 Å². The predicted molar refractivity (Wildman–Crippen MR) is 98.0 cm³/mol. The van der Waals surface area contributed by atoms with E-state index in [2.05, 4.69) is 4.98 Å². The standard InChI is InChI=1S/C19H24N4O2/c1-21(2)16-7-3-6-15(14-16)18(24)22-10-5-11-23(13-12-22)19(25)17-8-4-9-20-17/h3-4,6-9,14,20H,5,10-13H2,1-2H3. The summed E-state index contributed by atoms with van der Waals surface area (Å²) in [6, 6.07) is 11.2. The lowest BCUT2D eigenvalue weighted by Gasteiger charge is -2.22. The third-order valence-electron chi connectivity index (χ3n) is 4.51. The van der Waals surface area contributed by atoms with Gasteiger partial charge in [0.15, 0.2) is 0 Å². The Balaban J connectivity index is 1.67. The third kappa shape index (κ3) is 3.84. The SMILES string of the molecule is CN(C)c1cccc(C(=O)N2CCCN(C(=O)c3ccc[nH]3)CC2)c1. The van der Waals surface area contributed by atoms with Crippen molar-refractivity contribution in [1.82, 2.24) is 14.8 Å². The van der Waals surface area contributed by atoms with E-state index in [1.807, 2.05) is 59.1 Å². The Kier molecular flexibility index (Phi) is 5.07. The second-order valence-electron chi connectivity index (χ2n) is 6.47. The third-order valence-corrected chi connectivity index (χ3v) is 4.51. The predicted octanol–water partition coefficient (Wildman–Crippen LogP) is 2.07. The number of hydrogen-bond donors (Lipinski definition) is 1. The maximum atomic E-state index is 12.8. The maximum absolute atomic E-state index is 12.8. The first-order valence-electron chi connectivity index (χ1n) is 8.55. The minimum absolute atomic E-state index is 0.00564. The summed E-state index contributed by atoms with van der Waals surface area (Å²) in [6.07, 6.45) is 2.53. The summed E-state index contributed by atoms with van der Waals surface area (Å²) in [5, 5.41) is 0. The van der Waals surface area contributed by atoms with Gasteiger partial charge in [-0.15, -0.1) is 0 Å². The van der Waals surface area contributed by atoms with Crippen molar-refractivity contribution >= 4 is 17.5 Å². The molecule has 0 bridgehead atoms. The van der Waals surface area contributed by atoms with E-state index >= 15 is 0 Å². The first-order valence-corrected chi connectivity index (χ1v) is 8.55. The lowest BCUT2D eigenvalue weighted by molar-refractivity contribution is 0.0716. The Morgan fingerprint density at radius 3 is 2.32 bits per heavy atom. The minimum Gasteiger partial charge on any atom is -0.378 e. The molecular formula is C19H24N4O2. The van der Waals surface area contributed by atoms with Gasteiger partial charge in [0.05, 0.1) is 0 Å². The summed E-state index contributed by atoms with van der Waals surface area (Å²) in [7, 11) is 3.92. The molecule has 1 aliphatic heterocycles. The van der Waals surface area contributed by atoms with Crippen LogP contribution in [0.2, 0.25) is 0 Å². The van der Waals surface area contributed by atoms with Gasteiger partial charge in [-0.2, -0.15) is 0 Å². The second kappa shape index (κ2) is 7.42. The van der Waals surface area contributed by atoms with Gasteiger partial charge in [-0.25, -0.2) is 0 Å². The first-order chi connectivity index (χ1) is 12.1. The van der Waals surface area contributed by atoms with Crippen molar-refractivity contribution in [2.75, 3.05) is 45.2 Å². The monoisotopic (exact) mass is 340 g/mol. The van der Waals surface area contributed by atoms with E-state index in [1.165, 1.54) is 0 Å². The fourth-order valence-corrected chi connectivity index (χ4v) is 3.06. The van der Waals surface area contributed by atoms with Crippen LogP contribution in [0.3, 0.4) is 0 Å². The van der Waals surface area contributed by atoms with Crippen molar-refractivity contribution < 1.29 is 9.59 Å². The molecular weight excluding hydrogens is 316 g/mol. The Morgan fingerprint density at radius 2 is 1.68 bits per heavy atom. The summed E-state index contributed by atoms with van der Waals surface area (Å²) in [4.78, 5) is 33.9. The van der Waals surface area contributed by atoms with Gasteiger partial charge in [0.2, 0.25) is 0 Å². The van der Waals surface area contributed by atoms with Gasteiger partial charge in [-0.05, 0) is 36.8 Å². The summed E-state index contributed by atoms with van der Waals surface area (Å²) in [5.74, 6) is 0.0202. The molecule has 132 valence electrons. The van der Waals surface area contributed by atoms with Crippen molar-refractivity contribution in [1.29, 1.82) is 0 Å². The topological polar surface area (TPSA) is 59.7 Å². The second-order valence-corrected chi connectivity index (χ2v) is 6.47. The molecule has 1 aliphatic rings. The summed E-state index contributed by atoms with van der Waals surface area (Å²) < 4.78 is 0. The van der Waals surface area contributed by atoms with Crippen molar-refractivity contribution in [2.45, 2.75) is 6.42 Å². The Hall–Kier alpha value is -2.76. The summed E-state index contributed by atoms with van der Waals surface area (Å²) in [6.45, 7) is 2.44. The molecule has 1 N–H and O–H groups in total. The molecule has 0 atom stereocenters. The average molecular weight is 340 g/mol. The van der Waals surface area contributed by atoms with Crippen molar-refractivity contribution in [3.63, 3.8) is 0 Å². The minimum atomic E-state index is -0.00564. The number of nitrogens with one attached hydrogen (secondary N) is 1. The number of carbonyl (C=O) groups excluding carboxylic acids is 2. The van der Waals surface area contributed by atoms with E-state index in [4.69, 9.17) is 0 Å². The van der Waals surface area contributed by atoms with Crippen molar-refractivity contribution in [2.24, 2.45) is 0 Å². The van der Waals surface area contributed by atoms with Crippen molar-refractivity contribution in [3.8, 4) is 0 Å². The number of amides is 2. The Bertz CT molecular complexity index is 740. The number of anilines is 1. The van der Waals surface area contributed by atoms with Gasteiger partial charge in [-0.3, -0.25) is 9.59 Å². The van der Waals surface area contributed by atoms with Gasteiger partial charge in [0.25, 0.3) is 11.8 Å². The fraction of sp³-hybridized carbons (Fsp3) is 0.368. The van der Waals surface area contributed by atoms with Crippen LogP contribution in [0.15, 0.2) is 42.6 Å². The Labute approximate surface area is 148 Å². The maximum Gasteiger partial charge on any atom is 0.270 e. The largest absolute Gasteiger partial charge is 0.378 e. The molecule has 2 amide bonds. The molecule has 0 spiro atoms. The van der Waals surface area contributed by atoms with Crippen LogP contribution in [-0.2, 0) is 0 Å². The molecule has 6 heteroatoms. The zero-order chi connectivity index (χ0) is 17.8. The molecule has 1 saturated heterocycles. The van der Waals surface area contributed by atoms with E-state index in [9.17, 15) is 9.59 Å². The molecule has 2 aromatic rings. The normalized spacial score (nSPS) is 15.0. The highest BCUT2D eigenvalue weighted by Crippen LogP contribution is 2.16. The molecule has 6 nitrogen and oxygen atoms in total. The van der Waals surface area contributed by atoms with Crippen molar-refractivity contribution in [3.05, 3.63) is 53.9 Å². The molecule has 0 saturated carbocycles. The molecule has 1 fully saturated rings. The van der Waals surface area contributed by atoms with Crippen LogP contribution in [0, 0.1) is 0 Å². The first kappa shape index (κ1) is 17.1. The highest BCUT2D eigenvalue weighted by molar-refractivity contribution is 5.95. The highest BCUT2D eigenvalue weighted by Gasteiger charge is 2.24. The molecule has 0 aliphatic carbocycles. The van der Waals surface area contributed by atoms with Gasteiger partial charge in [0.1, 0.15) is 5.69 Å². The van der Waals surface area contributed by atoms with Crippen LogP contribution in [0.4, 0.5) is 5.69 Å².